The number of anilines is 1. The number of nitrogen functional groups attached to an aromatic ring is 1. The highest BCUT2D eigenvalue weighted by Gasteiger charge is 2.13. The highest BCUT2D eigenvalue weighted by atomic mass is 32.2. The average Bonchev–Trinajstić information content (AvgIpc) is 2.40. The van der Waals surface area contributed by atoms with E-state index in [-0.39, 0.29) is 10.7 Å². The monoisotopic (exact) mass is 289 g/mol. The van der Waals surface area contributed by atoms with E-state index < -0.39 is 9.84 Å². The molecule has 0 aliphatic rings. The molecule has 0 heterocycles. The van der Waals surface area contributed by atoms with Gasteiger partial charge >= 0.3 is 0 Å². The summed E-state index contributed by atoms with van der Waals surface area (Å²) in [5.74, 6) is -0.224. The predicted molar refractivity (Wildman–Crippen MR) is 78.6 cm³/mol. The Bertz CT molecular complexity index is 779. The number of carbonyl (C=O) groups excluding carboxylic acids is 1. The SMILES string of the molecule is Cc1cc(C(=O)c2cccc(S(C)(=O)=O)c2)ccc1N. The summed E-state index contributed by atoms with van der Waals surface area (Å²) in [5, 5.41) is 0. The molecule has 2 rings (SSSR count). The number of sulfone groups is 1. The third-order valence-electron chi connectivity index (χ3n) is 3.06. The van der Waals surface area contributed by atoms with Gasteiger partial charge in [-0.2, -0.15) is 0 Å². The summed E-state index contributed by atoms with van der Waals surface area (Å²) >= 11 is 0. The molecule has 5 heteroatoms. The molecule has 0 spiro atoms. The molecule has 0 aliphatic heterocycles. The van der Waals surface area contributed by atoms with Crippen LogP contribution in [-0.4, -0.2) is 20.5 Å². The first-order valence-electron chi connectivity index (χ1n) is 6.00. The van der Waals surface area contributed by atoms with Gasteiger partial charge in [-0.3, -0.25) is 4.79 Å². The van der Waals surface area contributed by atoms with Crippen molar-refractivity contribution in [1.29, 1.82) is 0 Å². The van der Waals surface area contributed by atoms with Crippen molar-refractivity contribution in [3.8, 4) is 0 Å². The second-order valence-corrected chi connectivity index (χ2v) is 6.72. The molecule has 0 fully saturated rings. The van der Waals surface area contributed by atoms with Crippen molar-refractivity contribution >= 4 is 21.3 Å². The topological polar surface area (TPSA) is 77.2 Å². The van der Waals surface area contributed by atoms with E-state index in [1.54, 1.807) is 30.3 Å². The molecular formula is C15H15NO3S. The van der Waals surface area contributed by atoms with E-state index in [9.17, 15) is 13.2 Å². The zero-order chi connectivity index (χ0) is 14.9. The van der Waals surface area contributed by atoms with Crippen LogP contribution in [0.4, 0.5) is 5.69 Å². The van der Waals surface area contributed by atoms with Crippen LogP contribution in [0.1, 0.15) is 21.5 Å². The molecule has 2 aromatic rings. The van der Waals surface area contributed by atoms with Crippen LogP contribution < -0.4 is 5.73 Å². The van der Waals surface area contributed by atoms with Crippen molar-refractivity contribution in [2.75, 3.05) is 12.0 Å². The Hall–Kier alpha value is -2.14. The molecule has 0 radical (unpaired) electrons. The maximum atomic E-state index is 12.4. The second-order valence-electron chi connectivity index (χ2n) is 4.70. The fourth-order valence-corrected chi connectivity index (χ4v) is 2.52. The standard InChI is InChI=1S/C15H15NO3S/c1-10-8-12(6-7-14(10)16)15(17)11-4-3-5-13(9-11)20(2,18)19/h3-9H,16H2,1-2H3. The predicted octanol–water partition coefficient (Wildman–Crippen LogP) is 2.21. The Morgan fingerprint density at radius 3 is 2.30 bits per heavy atom. The Morgan fingerprint density at radius 1 is 1.05 bits per heavy atom. The van der Waals surface area contributed by atoms with Gasteiger partial charge in [0, 0.05) is 23.1 Å². The maximum Gasteiger partial charge on any atom is 0.193 e. The summed E-state index contributed by atoms with van der Waals surface area (Å²) < 4.78 is 23.0. The van der Waals surface area contributed by atoms with Gasteiger partial charge in [-0.1, -0.05) is 12.1 Å². The summed E-state index contributed by atoms with van der Waals surface area (Å²) in [6, 6.07) is 11.0. The summed E-state index contributed by atoms with van der Waals surface area (Å²) in [6.07, 6.45) is 1.12. The molecule has 0 saturated carbocycles. The van der Waals surface area contributed by atoms with Crippen molar-refractivity contribution in [1.82, 2.24) is 0 Å². The summed E-state index contributed by atoms with van der Waals surface area (Å²) in [6.45, 7) is 1.82. The van der Waals surface area contributed by atoms with Crippen LogP contribution in [0.5, 0.6) is 0 Å². The molecule has 2 N–H and O–H groups in total. The Morgan fingerprint density at radius 2 is 1.70 bits per heavy atom. The normalized spacial score (nSPS) is 11.3. The van der Waals surface area contributed by atoms with Gasteiger partial charge in [0.25, 0.3) is 0 Å². The van der Waals surface area contributed by atoms with Gasteiger partial charge in [-0.05, 0) is 42.8 Å². The van der Waals surface area contributed by atoms with Gasteiger partial charge in [0.05, 0.1) is 4.90 Å². The molecule has 0 bridgehead atoms. The summed E-state index contributed by atoms with van der Waals surface area (Å²) in [5.41, 5.74) is 7.98. The first-order chi connectivity index (χ1) is 9.29. The molecule has 104 valence electrons. The smallest absolute Gasteiger partial charge is 0.193 e. The number of benzene rings is 2. The molecular weight excluding hydrogens is 274 g/mol. The van der Waals surface area contributed by atoms with Crippen LogP contribution in [0.3, 0.4) is 0 Å². The van der Waals surface area contributed by atoms with E-state index >= 15 is 0 Å². The summed E-state index contributed by atoms with van der Waals surface area (Å²) in [4.78, 5) is 12.5. The van der Waals surface area contributed by atoms with Gasteiger partial charge in [-0.15, -0.1) is 0 Å². The van der Waals surface area contributed by atoms with E-state index in [1.165, 1.54) is 12.1 Å². The zero-order valence-corrected chi connectivity index (χ0v) is 12.1. The second kappa shape index (κ2) is 5.09. The van der Waals surface area contributed by atoms with Crippen LogP contribution in [0.2, 0.25) is 0 Å². The lowest BCUT2D eigenvalue weighted by molar-refractivity contribution is 0.103. The Labute approximate surface area is 118 Å². The van der Waals surface area contributed by atoms with Crippen LogP contribution in [0.15, 0.2) is 47.4 Å². The van der Waals surface area contributed by atoms with Gasteiger partial charge in [0.15, 0.2) is 15.6 Å². The average molecular weight is 289 g/mol. The molecule has 0 unspecified atom stereocenters. The molecule has 0 aromatic heterocycles. The number of hydrogen-bond acceptors (Lipinski definition) is 4. The van der Waals surface area contributed by atoms with Crippen molar-refractivity contribution in [2.24, 2.45) is 0 Å². The quantitative estimate of drug-likeness (QED) is 0.694. The Balaban J connectivity index is 2.46. The van der Waals surface area contributed by atoms with Crippen molar-refractivity contribution < 1.29 is 13.2 Å². The largest absolute Gasteiger partial charge is 0.399 e. The molecule has 0 saturated heterocycles. The van der Waals surface area contributed by atoms with Gasteiger partial charge in [0.2, 0.25) is 0 Å². The summed E-state index contributed by atoms with van der Waals surface area (Å²) in [7, 11) is -3.33. The van der Waals surface area contributed by atoms with Crippen LogP contribution in [0.25, 0.3) is 0 Å². The zero-order valence-electron chi connectivity index (χ0n) is 11.3. The van der Waals surface area contributed by atoms with Gasteiger partial charge in [0.1, 0.15) is 0 Å². The third kappa shape index (κ3) is 2.88. The first kappa shape index (κ1) is 14.3. The molecule has 0 aliphatic carbocycles. The highest BCUT2D eigenvalue weighted by molar-refractivity contribution is 7.90. The van der Waals surface area contributed by atoms with E-state index in [0.29, 0.717) is 16.8 Å². The number of rotatable bonds is 3. The maximum absolute atomic E-state index is 12.4. The third-order valence-corrected chi connectivity index (χ3v) is 4.17. The van der Waals surface area contributed by atoms with Crippen LogP contribution in [-0.2, 0) is 9.84 Å². The molecule has 0 amide bonds. The highest BCUT2D eigenvalue weighted by Crippen LogP contribution is 2.18. The number of carbonyl (C=O) groups is 1. The van der Waals surface area contributed by atoms with E-state index in [4.69, 9.17) is 5.73 Å². The number of nitrogens with two attached hydrogens (primary N) is 1. The van der Waals surface area contributed by atoms with Crippen LogP contribution >= 0.6 is 0 Å². The minimum atomic E-state index is -3.33. The minimum absolute atomic E-state index is 0.135. The Kier molecular flexibility index (Phi) is 3.63. The fraction of sp³-hybridized carbons (Fsp3) is 0.133. The van der Waals surface area contributed by atoms with E-state index in [2.05, 4.69) is 0 Å². The molecule has 20 heavy (non-hydrogen) atoms. The fourth-order valence-electron chi connectivity index (χ4n) is 1.85. The molecule has 4 nitrogen and oxygen atoms in total. The lowest BCUT2D eigenvalue weighted by atomic mass is 10.0. The number of aryl methyl sites for hydroxylation is 1. The van der Waals surface area contributed by atoms with Crippen molar-refractivity contribution in [3.05, 3.63) is 59.2 Å². The lowest BCUT2D eigenvalue weighted by Crippen LogP contribution is -2.05. The molecule has 0 atom stereocenters. The number of hydrogen-bond donors (Lipinski definition) is 1. The van der Waals surface area contributed by atoms with Gasteiger partial charge < -0.3 is 5.73 Å². The van der Waals surface area contributed by atoms with Crippen LogP contribution in [0, 0.1) is 6.92 Å². The van der Waals surface area contributed by atoms with E-state index in [1.807, 2.05) is 6.92 Å². The van der Waals surface area contributed by atoms with Crippen molar-refractivity contribution in [3.63, 3.8) is 0 Å². The minimum Gasteiger partial charge on any atom is -0.399 e. The van der Waals surface area contributed by atoms with Gasteiger partial charge in [-0.25, -0.2) is 8.42 Å². The number of ketones is 1. The molecule has 2 aromatic carbocycles. The first-order valence-corrected chi connectivity index (χ1v) is 7.89. The lowest BCUT2D eigenvalue weighted by Gasteiger charge is -2.06. The van der Waals surface area contributed by atoms with E-state index in [0.717, 1.165) is 11.8 Å². The van der Waals surface area contributed by atoms with Crippen molar-refractivity contribution in [2.45, 2.75) is 11.8 Å².